The molecule has 1 aromatic rings. The molecule has 0 saturated carbocycles. The Bertz CT molecular complexity index is 684. The number of hydrogen-bond donors (Lipinski definition) is 1. The minimum Gasteiger partial charge on any atom is -0.301 e. The van der Waals surface area contributed by atoms with Gasteiger partial charge in [-0.25, -0.2) is 13.4 Å². The number of aryl methyl sites for hydroxylation is 1. The van der Waals surface area contributed by atoms with Crippen LogP contribution >= 0.6 is 11.3 Å². The number of rotatable bonds is 3. The van der Waals surface area contributed by atoms with E-state index in [2.05, 4.69) is 17.2 Å². The molecule has 8 heteroatoms. The van der Waals surface area contributed by atoms with E-state index in [4.69, 9.17) is 0 Å². The summed E-state index contributed by atoms with van der Waals surface area (Å²) in [4.78, 5) is 18.2. The lowest BCUT2D eigenvalue weighted by Crippen LogP contribution is -2.42. The summed E-state index contributed by atoms with van der Waals surface area (Å²) in [6.45, 7) is 2.65. The smallest absolute Gasteiger partial charge is 0.244 e. The Balaban J connectivity index is 1.72. The summed E-state index contributed by atoms with van der Waals surface area (Å²) in [5.41, 5.74) is 1.09. The molecule has 1 aliphatic heterocycles. The zero-order valence-electron chi connectivity index (χ0n) is 12.8. The van der Waals surface area contributed by atoms with Crippen molar-refractivity contribution >= 4 is 32.4 Å². The Morgan fingerprint density at radius 2 is 2.18 bits per heavy atom. The van der Waals surface area contributed by atoms with Gasteiger partial charge in [0.05, 0.1) is 11.9 Å². The zero-order chi connectivity index (χ0) is 15.9. The molecule has 2 atom stereocenters. The van der Waals surface area contributed by atoms with Crippen molar-refractivity contribution in [2.45, 2.75) is 45.1 Å². The fourth-order valence-corrected chi connectivity index (χ4v) is 5.48. The van der Waals surface area contributed by atoms with Crippen LogP contribution in [-0.4, -0.2) is 42.5 Å². The molecule has 0 aromatic carbocycles. The summed E-state index contributed by atoms with van der Waals surface area (Å²) in [5, 5.41) is 3.42. The van der Waals surface area contributed by atoms with E-state index in [0.717, 1.165) is 37.6 Å². The molecule has 2 heterocycles. The first-order valence-electron chi connectivity index (χ1n) is 7.61. The molecule has 122 valence electrons. The van der Waals surface area contributed by atoms with Gasteiger partial charge in [-0.1, -0.05) is 6.92 Å². The van der Waals surface area contributed by atoms with Crippen LogP contribution in [0.5, 0.6) is 0 Å². The molecular formula is C14H21N3O3S2. The monoisotopic (exact) mass is 343 g/mol. The number of carbonyl (C=O) groups is 1. The molecule has 1 aliphatic carbocycles. The molecule has 6 nitrogen and oxygen atoms in total. The van der Waals surface area contributed by atoms with Crippen molar-refractivity contribution in [3.05, 3.63) is 10.6 Å². The van der Waals surface area contributed by atoms with E-state index in [1.807, 2.05) is 0 Å². The second-order valence-corrected chi connectivity index (χ2v) is 9.28. The maximum Gasteiger partial charge on any atom is 0.244 e. The number of carbonyl (C=O) groups excluding carboxylic acids is 1. The Kier molecular flexibility index (Phi) is 4.26. The molecule has 0 bridgehead atoms. The number of sulfonamides is 1. The van der Waals surface area contributed by atoms with E-state index in [-0.39, 0.29) is 5.91 Å². The van der Waals surface area contributed by atoms with E-state index in [1.165, 1.54) is 20.5 Å². The van der Waals surface area contributed by atoms with Gasteiger partial charge in [0.25, 0.3) is 0 Å². The second kappa shape index (κ2) is 5.90. The van der Waals surface area contributed by atoms with Crippen LogP contribution in [0.25, 0.3) is 0 Å². The number of nitrogens with one attached hydrogen (secondary N) is 1. The number of anilines is 1. The lowest BCUT2D eigenvalue weighted by molar-refractivity contribution is -0.119. The highest BCUT2D eigenvalue weighted by Gasteiger charge is 2.36. The third kappa shape index (κ3) is 3.18. The average Bonchev–Trinajstić information content (AvgIpc) is 3.02. The first-order chi connectivity index (χ1) is 10.3. The minimum absolute atomic E-state index is 0.262. The molecule has 22 heavy (non-hydrogen) atoms. The molecule has 1 fully saturated rings. The molecular weight excluding hydrogens is 322 g/mol. The SMILES string of the molecule is C[C@H]1CCc2nc(NC(=O)[C@H]3CCCN3S(C)(=O)=O)sc2C1. The fourth-order valence-electron chi connectivity index (χ4n) is 3.18. The Hall–Kier alpha value is -0.990. The number of nitrogens with zero attached hydrogens (tertiary/aromatic N) is 2. The molecule has 0 spiro atoms. The summed E-state index contributed by atoms with van der Waals surface area (Å²) in [7, 11) is -3.34. The highest BCUT2D eigenvalue weighted by molar-refractivity contribution is 7.88. The Morgan fingerprint density at radius 1 is 1.41 bits per heavy atom. The number of aromatic nitrogens is 1. The van der Waals surface area contributed by atoms with Gasteiger partial charge >= 0.3 is 0 Å². The van der Waals surface area contributed by atoms with Crippen LogP contribution in [-0.2, 0) is 27.7 Å². The van der Waals surface area contributed by atoms with Crippen LogP contribution in [0.2, 0.25) is 0 Å². The number of fused-ring (bicyclic) bond motifs is 1. The van der Waals surface area contributed by atoms with Gasteiger partial charge in [-0.3, -0.25) is 4.79 Å². The maximum atomic E-state index is 12.4. The van der Waals surface area contributed by atoms with Gasteiger partial charge in [-0.05, 0) is 38.0 Å². The van der Waals surface area contributed by atoms with Gasteiger partial charge in [0.1, 0.15) is 6.04 Å². The van der Waals surface area contributed by atoms with E-state index in [1.54, 1.807) is 0 Å². The Labute approximate surface area is 135 Å². The van der Waals surface area contributed by atoms with Crippen molar-refractivity contribution in [3.8, 4) is 0 Å². The number of amides is 1. The molecule has 1 amide bonds. The normalized spacial score (nSPS) is 25.9. The number of hydrogen-bond acceptors (Lipinski definition) is 5. The molecule has 1 saturated heterocycles. The van der Waals surface area contributed by atoms with Gasteiger partial charge < -0.3 is 5.32 Å². The van der Waals surface area contributed by atoms with Crippen molar-refractivity contribution in [3.63, 3.8) is 0 Å². The van der Waals surface area contributed by atoms with Crippen LogP contribution < -0.4 is 5.32 Å². The quantitative estimate of drug-likeness (QED) is 0.905. The first kappa shape index (κ1) is 15.9. The van der Waals surface area contributed by atoms with E-state index in [0.29, 0.717) is 24.0 Å². The van der Waals surface area contributed by atoms with Crippen molar-refractivity contribution in [1.29, 1.82) is 0 Å². The van der Waals surface area contributed by atoms with Gasteiger partial charge in [0, 0.05) is 11.4 Å². The molecule has 3 rings (SSSR count). The van der Waals surface area contributed by atoms with Crippen LogP contribution in [0, 0.1) is 5.92 Å². The van der Waals surface area contributed by atoms with E-state index < -0.39 is 16.1 Å². The Morgan fingerprint density at radius 3 is 2.91 bits per heavy atom. The summed E-state index contributed by atoms with van der Waals surface area (Å²) < 4.78 is 24.7. The van der Waals surface area contributed by atoms with E-state index in [9.17, 15) is 13.2 Å². The van der Waals surface area contributed by atoms with Crippen molar-refractivity contribution in [1.82, 2.24) is 9.29 Å². The van der Waals surface area contributed by atoms with Crippen LogP contribution in [0.3, 0.4) is 0 Å². The summed E-state index contributed by atoms with van der Waals surface area (Å²) in [6, 6.07) is -0.602. The van der Waals surface area contributed by atoms with Crippen LogP contribution in [0.1, 0.15) is 36.8 Å². The molecule has 2 aliphatic rings. The first-order valence-corrected chi connectivity index (χ1v) is 10.3. The van der Waals surface area contributed by atoms with Gasteiger partial charge in [-0.15, -0.1) is 11.3 Å². The third-order valence-corrected chi connectivity index (χ3v) is 6.67. The molecule has 1 aromatic heterocycles. The topological polar surface area (TPSA) is 79.4 Å². The third-order valence-electron chi connectivity index (χ3n) is 4.35. The maximum absolute atomic E-state index is 12.4. The van der Waals surface area contributed by atoms with Crippen molar-refractivity contribution in [2.24, 2.45) is 5.92 Å². The molecule has 0 radical (unpaired) electrons. The lowest BCUT2D eigenvalue weighted by Gasteiger charge is -2.20. The number of thiazole rings is 1. The van der Waals surface area contributed by atoms with Crippen molar-refractivity contribution < 1.29 is 13.2 Å². The lowest BCUT2D eigenvalue weighted by atomic mass is 9.93. The second-order valence-electron chi connectivity index (χ2n) is 6.26. The zero-order valence-corrected chi connectivity index (χ0v) is 14.5. The van der Waals surface area contributed by atoms with Gasteiger partial charge in [-0.2, -0.15) is 4.31 Å². The predicted molar refractivity (Wildman–Crippen MR) is 86.5 cm³/mol. The van der Waals surface area contributed by atoms with Crippen LogP contribution in [0.15, 0.2) is 0 Å². The summed E-state index contributed by atoms with van der Waals surface area (Å²) in [6.07, 6.45) is 5.55. The van der Waals surface area contributed by atoms with Gasteiger partial charge in [0.2, 0.25) is 15.9 Å². The fraction of sp³-hybridized carbons (Fsp3) is 0.714. The van der Waals surface area contributed by atoms with E-state index >= 15 is 0 Å². The predicted octanol–water partition coefficient (Wildman–Crippen LogP) is 1.63. The molecule has 0 unspecified atom stereocenters. The van der Waals surface area contributed by atoms with Gasteiger partial charge in [0.15, 0.2) is 5.13 Å². The van der Waals surface area contributed by atoms with Crippen LogP contribution in [0.4, 0.5) is 5.13 Å². The highest BCUT2D eigenvalue weighted by Crippen LogP contribution is 2.32. The summed E-state index contributed by atoms with van der Waals surface area (Å²) in [5.74, 6) is 0.397. The largest absolute Gasteiger partial charge is 0.301 e. The standard InChI is InChI=1S/C14H21N3O3S2/c1-9-5-6-10-12(8-9)21-14(15-10)16-13(18)11-4-3-7-17(11)22(2,19)20/h9,11H,3-8H2,1-2H3,(H,15,16,18)/t9-,11+/m0/s1. The molecule has 1 N–H and O–H groups in total. The summed E-state index contributed by atoms with van der Waals surface area (Å²) >= 11 is 1.52. The minimum atomic E-state index is -3.34. The average molecular weight is 343 g/mol. The van der Waals surface area contributed by atoms with Crippen molar-refractivity contribution in [2.75, 3.05) is 18.1 Å². The highest BCUT2D eigenvalue weighted by atomic mass is 32.2.